The van der Waals surface area contributed by atoms with E-state index < -0.39 is 0 Å². The fourth-order valence-electron chi connectivity index (χ4n) is 0.729. The molecule has 0 saturated heterocycles. The lowest BCUT2D eigenvalue weighted by molar-refractivity contribution is 0.443. The van der Waals surface area contributed by atoms with Crippen molar-refractivity contribution in [3.05, 3.63) is 0 Å². The van der Waals surface area contributed by atoms with Gasteiger partial charge in [-0.1, -0.05) is 27.7 Å². The molecule has 1 unspecified atom stereocenters. The van der Waals surface area contributed by atoms with Gasteiger partial charge in [-0.3, -0.25) is 11.3 Å². The maximum absolute atomic E-state index is 5.40. The van der Waals surface area contributed by atoms with Gasteiger partial charge >= 0.3 is 0 Å². The average molecular weight is 176 g/mol. The van der Waals surface area contributed by atoms with Gasteiger partial charge in [0.05, 0.1) is 0 Å². The molecule has 11 heavy (non-hydrogen) atoms. The van der Waals surface area contributed by atoms with Crippen LogP contribution < -0.4 is 11.3 Å². The molecule has 0 aliphatic carbocycles. The lowest BCUT2D eigenvalue weighted by Crippen LogP contribution is -2.41. The van der Waals surface area contributed by atoms with Gasteiger partial charge in [-0.05, 0) is 11.2 Å². The third-order valence-corrected chi connectivity index (χ3v) is 2.85. The monoisotopic (exact) mass is 176 g/mol. The third kappa shape index (κ3) is 5.53. The Morgan fingerprint density at radius 1 is 1.27 bits per heavy atom. The maximum Gasteiger partial charge on any atom is 0.0324 e. The van der Waals surface area contributed by atoms with E-state index in [4.69, 9.17) is 5.84 Å². The summed E-state index contributed by atoms with van der Waals surface area (Å²) in [7, 11) is 0. The topological polar surface area (TPSA) is 38.0 Å². The summed E-state index contributed by atoms with van der Waals surface area (Å²) in [5.74, 6) is 7.12. The van der Waals surface area contributed by atoms with Gasteiger partial charge < -0.3 is 0 Å². The van der Waals surface area contributed by atoms with Crippen LogP contribution in [0.1, 0.15) is 27.7 Å². The summed E-state index contributed by atoms with van der Waals surface area (Å²) in [5.41, 5.74) is 2.84. The van der Waals surface area contributed by atoms with Crippen molar-refractivity contribution in [2.75, 3.05) is 5.75 Å². The minimum absolute atomic E-state index is 0.447. The van der Waals surface area contributed by atoms with Gasteiger partial charge in [0.1, 0.15) is 0 Å². The van der Waals surface area contributed by atoms with E-state index in [-0.39, 0.29) is 0 Å². The molecule has 0 saturated carbocycles. The van der Waals surface area contributed by atoms with Crippen LogP contribution >= 0.6 is 11.8 Å². The zero-order valence-electron chi connectivity index (χ0n) is 7.92. The van der Waals surface area contributed by atoms with Crippen molar-refractivity contribution in [2.45, 2.75) is 39.0 Å². The highest BCUT2D eigenvalue weighted by molar-refractivity contribution is 7.99. The number of nitrogens with two attached hydrogens (primary N) is 1. The highest BCUT2D eigenvalue weighted by atomic mass is 32.2. The summed E-state index contributed by atoms with van der Waals surface area (Å²) >= 11 is 1.95. The Labute approximate surface area is 74.3 Å². The summed E-state index contributed by atoms with van der Waals surface area (Å²) in [6.07, 6.45) is 0. The van der Waals surface area contributed by atoms with Crippen LogP contribution in [0.2, 0.25) is 0 Å². The molecule has 1 atom stereocenters. The second-order valence-corrected chi connectivity index (χ2v) is 5.01. The molecule has 0 aromatic heterocycles. The second kappa shape index (κ2) is 5.86. The number of hydrazine groups is 1. The molecule has 0 aliphatic heterocycles. The third-order valence-electron chi connectivity index (χ3n) is 1.63. The summed E-state index contributed by atoms with van der Waals surface area (Å²) in [4.78, 5) is 0. The van der Waals surface area contributed by atoms with E-state index in [1.54, 1.807) is 0 Å². The standard InChI is InChI=1S/C8H20N2S/c1-6(2)8(10-9)5-11-7(3)4/h6-8,10H,5,9H2,1-4H3. The fourth-order valence-corrected chi connectivity index (χ4v) is 1.80. The first-order valence-electron chi connectivity index (χ1n) is 4.15. The molecule has 0 rings (SSSR count). The molecule has 3 heteroatoms. The fraction of sp³-hybridized carbons (Fsp3) is 1.00. The summed E-state index contributed by atoms with van der Waals surface area (Å²) in [5, 5.41) is 0.699. The summed E-state index contributed by atoms with van der Waals surface area (Å²) < 4.78 is 0. The Hall–Kier alpha value is 0.270. The molecule has 0 bridgehead atoms. The van der Waals surface area contributed by atoms with Crippen molar-refractivity contribution in [3.8, 4) is 0 Å². The predicted molar refractivity (Wildman–Crippen MR) is 53.5 cm³/mol. The van der Waals surface area contributed by atoms with Crippen molar-refractivity contribution in [1.29, 1.82) is 0 Å². The molecule has 68 valence electrons. The van der Waals surface area contributed by atoms with Gasteiger partial charge in [0.15, 0.2) is 0 Å². The van der Waals surface area contributed by atoms with Crippen molar-refractivity contribution < 1.29 is 0 Å². The first kappa shape index (κ1) is 11.3. The highest BCUT2D eigenvalue weighted by Crippen LogP contribution is 2.13. The van der Waals surface area contributed by atoms with Crippen LogP contribution in [-0.2, 0) is 0 Å². The van der Waals surface area contributed by atoms with E-state index in [9.17, 15) is 0 Å². The molecule has 0 spiro atoms. The van der Waals surface area contributed by atoms with E-state index in [1.807, 2.05) is 11.8 Å². The Morgan fingerprint density at radius 2 is 1.82 bits per heavy atom. The zero-order valence-corrected chi connectivity index (χ0v) is 8.74. The molecule has 0 aliphatic rings. The smallest absolute Gasteiger partial charge is 0.0324 e. The van der Waals surface area contributed by atoms with Gasteiger partial charge in [0, 0.05) is 11.8 Å². The lowest BCUT2D eigenvalue weighted by atomic mass is 10.1. The van der Waals surface area contributed by atoms with Crippen LogP contribution in [0.4, 0.5) is 0 Å². The molecule has 2 nitrogen and oxygen atoms in total. The van der Waals surface area contributed by atoms with Crippen molar-refractivity contribution in [1.82, 2.24) is 5.43 Å². The van der Waals surface area contributed by atoms with Gasteiger partial charge in [-0.2, -0.15) is 11.8 Å². The van der Waals surface area contributed by atoms with E-state index in [0.717, 1.165) is 5.75 Å². The van der Waals surface area contributed by atoms with Gasteiger partial charge in [0.2, 0.25) is 0 Å². The van der Waals surface area contributed by atoms with Gasteiger partial charge in [-0.15, -0.1) is 0 Å². The minimum Gasteiger partial charge on any atom is -0.271 e. The zero-order chi connectivity index (χ0) is 8.85. The van der Waals surface area contributed by atoms with Crippen LogP contribution in [0.15, 0.2) is 0 Å². The van der Waals surface area contributed by atoms with Crippen LogP contribution in [0, 0.1) is 5.92 Å². The minimum atomic E-state index is 0.447. The largest absolute Gasteiger partial charge is 0.271 e. The summed E-state index contributed by atoms with van der Waals surface area (Å²) in [6.45, 7) is 8.79. The molecule has 0 heterocycles. The molecule has 0 amide bonds. The molecule has 0 radical (unpaired) electrons. The predicted octanol–water partition coefficient (Wildman–Crippen LogP) is 1.62. The first-order chi connectivity index (χ1) is 5.07. The van der Waals surface area contributed by atoms with Crippen LogP contribution in [0.3, 0.4) is 0 Å². The van der Waals surface area contributed by atoms with Crippen LogP contribution in [0.5, 0.6) is 0 Å². The Balaban J connectivity index is 3.52. The molecule has 0 fully saturated rings. The van der Waals surface area contributed by atoms with Crippen molar-refractivity contribution in [2.24, 2.45) is 11.8 Å². The molecular weight excluding hydrogens is 156 g/mol. The number of nitrogens with one attached hydrogen (secondary N) is 1. The Bertz CT molecular complexity index is 94.1. The summed E-state index contributed by atoms with van der Waals surface area (Å²) in [6, 6.07) is 0.447. The van der Waals surface area contributed by atoms with E-state index in [1.165, 1.54) is 0 Å². The maximum atomic E-state index is 5.40. The Kier molecular flexibility index (Phi) is 6.01. The highest BCUT2D eigenvalue weighted by Gasteiger charge is 2.11. The molecular formula is C8H20N2S. The van der Waals surface area contributed by atoms with E-state index >= 15 is 0 Å². The van der Waals surface area contributed by atoms with Crippen molar-refractivity contribution >= 4 is 11.8 Å². The average Bonchev–Trinajstić information content (AvgIpc) is 1.87. The van der Waals surface area contributed by atoms with Crippen molar-refractivity contribution in [3.63, 3.8) is 0 Å². The number of hydrogen-bond acceptors (Lipinski definition) is 3. The number of hydrogen-bond donors (Lipinski definition) is 2. The van der Waals surface area contributed by atoms with E-state index in [0.29, 0.717) is 17.2 Å². The van der Waals surface area contributed by atoms with E-state index in [2.05, 4.69) is 33.1 Å². The van der Waals surface area contributed by atoms with Crippen LogP contribution in [0.25, 0.3) is 0 Å². The number of thioether (sulfide) groups is 1. The lowest BCUT2D eigenvalue weighted by Gasteiger charge is -2.20. The Morgan fingerprint density at radius 3 is 2.09 bits per heavy atom. The normalized spacial score (nSPS) is 14.5. The number of rotatable bonds is 5. The van der Waals surface area contributed by atoms with Gasteiger partial charge in [-0.25, -0.2) is 0 Å². The quantitative estimate of drug-likeness (QED) is 0.494. The molecule has 3 N–H and O–H groups in total. The first-order valence-corrected chi connectivity index (χ1v) is 5.20. The van der Waals surface area contributed by atoms with Crippen LogP contribution in [-0.4, -0.2) is 17.0 Å². The molecule has 0 aromatic rings. The SMILES string of the molecule is CC(C)SCC(NN)C(C)C. The second-order valence-electron chi connectivity index (χ2n) is 3.40. The molecule has 0 aromatic carbocycles. The van der Waals surface area contributed by atoms with Gasteiger partial charge in [0.25, 0.3) is 0 Å².